The van der Waals surface area contributed by atoms with Crippen LogP contribution < -0.4 is 5.32 Å². The van der Waals surface area contributed by atoms with Gasteiger partial charge in [0, 0.05) is 11.8 Å². The second kappa shape index (κ2) is 5.64. The number of aryl methyl sites for hydroxylation is 2. The zero-order valence-corrected chi connectivity index (χ0v) is 10.8. The van der Waals surface area contributed by atoms with Gasteiger partial charge in [-0.25, -0.2) is 4.98 Å². The van der Waals surface area contributed by atoms with E-state index in [-0.39, 0.29) is 11.7 Å². The molecule has 2 aromatic rings. The Morgan fingerprint density at radius 1 is 1.44 bits per heavy atom. The van der Waals surface area contributed by atoms with Crippen LogP contribution in [0.2, 0.25) is 0 Å². The summed E-state index contributed by atoms with van der Waals surface area (Å²) >= 11 is 1.41. The lowest BCUT2D eigenvalue weighted by atomic mass is 10.1. The van der Waals surface area contributed by atoms with E-state index < -0.39 is 0 Å². The highest BCUT2D eigenvalue weighted by atomic mass is 32.1. The number of carbonyl (C=O) groups excluding carboxylic acids is 1. The van der Waals surface area contributed by atoms with Crippen molar-refractivity contribution >= 4 is 22.4 Å². The summed E-state index contributed by atoms with van der Waals surface area (Å²) < 4.78 is 0. The number of thiazole rings is 1. The Morgan fingerprint density at radius 3 is 2.89 bits per heavy atom. The van der Waals surface area contributed by atoms with Crippen molar-refractivity contribution in [1.29, 1.82) is 0 Å². The summed E-state index contributed by atoms with van der Waals surface area (Å²) in [4.78, 5) is 15.8. The molecular weight excluding hydrogens is 248 g/mol. The first kappa shape index (κ1) is 12.6. The molecule has 0 aliphatic carbocycles. The van der Waals surface area contributed by atoms with Crippen molar-refractivity contribution < 1.29 is 9.90 Å². The average Bonchev–Trinajstić information content (AvgIpc) is 2.74. The number of para-hydroxylation sites is 1. The number of phenolic OH excluding ortho intramolecular Hbond substituents is 1. The van der Waals surface area contributed by atoms with Crippen LogP contribution in [-0.2, 0) is 11.2 Å². The van der Waals surface area contributed by atoms with Crippen LogP contribution in [0.5, 0.6) is 5.75 Å². The Balaban J connectivity index is 1.87. The van der Waals surface area contributed by atoms with Crippen LogP contribution in [0, 0.1) is 6.92 Å². The molecule has 0 unspecified atom stereocenters. The minimum Gasteiger partial charge on any atom is -0.508 e. The molecule has 0 bridgehead atoms. The lowest BCUT2D eigenvalue weighted by Gasteiger charge is -2.04. The molecule has 1 heterocycles. The van der Waals surface area contributed by atoms with Crippen molar-refractivity contribution in [2.45, 2.75) is 19.8 Å². The Bertz CT molecular complexity index is 551. The second-order valence-electron chi connectivity index (χ2n) is 3.97. The fourth-order valence-corrected chi connectivity index (χ4v) is 2.27. The van der Waals surface area contributed by atoms with Gasteiger partial charge in [-0.2, -0.15) is 0 Å². The number of aromatic nitrogens is 1. The molecule has 0 fully saturated rings. The number of hydrogen-bond donors (Lipinski definition) is 2. The Labute approximate surface area is 109 Å². The number of hydrogen-bond acceptors (Lipinski definition) is 4. The third-order valence-corrected chi connectivity index (χ3v) is 3.35. The molecule has 1 amide bonds. The molecule has 0 aliphatic heterocycles. The lowest BCUT2D eigenvalue weighted by molar-refractivity contribution is -0.116. The summed E-state index contributed by atoms with van der Waals surface area (Å²) in [5.41, 5.74) is 1.68. The van der Waals surface area contributed by atoms with Crippen molar-refractivity contribution in [2.75, 3.05) is 5.32 Å². The number of carbonyl (C=O) groups is 1. The van der Waals surface area contributed by atoms with Crippen molar-refractivity contribution in [3.8, 4) is 5.75 Å². The van der Waals surface area contributed by atoms with E-state index in [1.54, 1.807) is 12.1 Å². The van der Waals surface area contributed by atoms with Gasteiger partial charge >= 0.3 is 0 Å². The fraction of sp³-hybridized carbons (Fsp3) is 0.231. The minimum absolute atomic E-state index is 0.0902. The van der Waals surface area contributed by atoms with E-state index in [1.807, 2.05) is 24.4 Å². The number of aromatic hydroxyl groups is 1. The summed E-state index contributed by atoms with van der Waals surface area (Å²) in [7, 11) is 0. The predicted molar refractivity (Wildman–Crippen MR) is 71.9 cm³/mol. The molecule has 5 heteroatoms. The van der Waals surface area contributed by atoms with Gasteiger partial charge in [0.2, 0.25) is 5.91 Å². The van der Waals surface area contributed by atoms with Gasteiger partial charge in [0.25, 0.3) is 0 Å². The van der Waals surface area contributed by atoms with Crippen molar-refractivity contribution in [3.05, 3.63) is 40.9 Å². The topological polar surface area (TPSA) is 62.2 Å². The molecule has 0 aliphatic rings. The van der Waals surface area contributed by atoms with Crippen LogP contribution in [0.25, 0.3) is 0 Å². The molecule has 2 N–H and O–H groups in total. The van der Waals surface area contributed by atoms with E-state index in [4.69, 9.17) is 0 Å². The number of phenols is 1. The van der Waals surface area contributed by atoms with Crippen LogP contribution in [0.1, 0.15) is 17.7 Å². The van der Waals surface area contributed by atoms with Gasteiger partial charge in [-0.1, -0.05) is 18.2 Å². The number of nitrogens with zero attached hydrogens (tertiary/aromatic N) is 1. The molecule has 0 saturated heterocycles. The first-order valence-electron chi connectivity index (χ1n) is 5.64. The quantitative estimate of drug-likeness (QED) is 0.890. The first-order valence-corrected chi connectivity index (χ1v) is 6.52. The Hall–Kier alpha value is -1.88. The molecule has 0 saturated carbocycles. The first-order chi connectivity index (χ1) is 8.65. The second-order valence-corrected chi connectivity index (χ2v) is 4.83. The highest BCUT2D eigenvalue weighted by Crippen LogP contribution is 2.18. The van der Waals surface area contributed by atoms with Crippen LogP contribution in [-0.4, -0.2) is 16.0 Å². The number of anilines is 1. The van der Waals surface area contributed by atoms with E-state index >= 15 is 0 Å². The van der Waals surface area contributed by atoms with E-state index in [1.165, 1.54) is 11.3 Å². The number of rotatable bonds is 4. The smallest absolute Gasteiger partial charge is 0.226 e. The van der Waals surface area contributed by atoms with E-state index in [2.05, 4.69) is 10.3 Å². The molecule has 18 heavy (non-hydrogen) atoms. The van der Waals surface area contributed by atoms with Gasteiger partial charge in [0.15, 0.2) is 5.13 Å². The molecule has 94 valence electrons. The van der Waals surface area contributed by atoms with Gasteiger partial charge < -0.3 is 10.4 Å². The molecule has 1 aromatic carbocycles. The predicted octanol–water partition coefficient (Wildman–Crippen LogP) is 2.73. The van der Waals surface area contributed by atoms with Crippen LogP contribution in [0.4, 0.5) is 5.13 Å². The zero-order valence-electron chi connectivity index (χ0n) is 10.0. The number of benzene rings is 1. The van der Waals surface area contributed by atoms with Crippen molar-refractivity contribution in [1.82, 2.24) is 4.98 Å². The van der Waals surface area contributed by atoms with Crippen molar-refractivity contribution in [3.63, 3.8) is 0 Å². The molecule has 4 nitrogen and oxygen atoms in total. The summed E-state index contributed by atoms with van der Waals surface area (Å²) in [5, 5.41) is 14.8. The summed E-state index contributed by atoms with van der Waals surface area (Å²) in [5.74, 6) is 0.142. The SMILES string of the molecule is Cc1csc(NC(=O)CCc2ccccc2O)n1. The number of nitrogens with one attached hydrogen (secondary N) is 1. The standard InChI is InChI=1S/C13H14N2O2S/c1-9-8-18-13(14-9)15-12(17)7-6-10-4-2-3-5-11(10)16/h2-5,8,16H,6-7H2,1H3,(H,14,15,17). The maximum Gasteiger partial charge on any atom is 0.226 e. The van der Waals surface area contributed by atoms with Gasteiger partial charge in [0.05, 0.1) is 5.69 Å². The van der Waals surface area contributed by atoms with Gasteiger partial charge in [-0.15, -0.1) is 11.3 Å². The molecule has 2 rings (SSSR count). The maximum absolute atomic E-state index is 11.7. The highest BCUT2D eigenvalue weighted by molar-refractivity contribution is 7.13. The third-order valence-electron chi connectivity index (χ3n) is 2.48. The van der Waals surface area contributed by atoms with E-state index in [0.29, 0.717) is 18.0 Å². The molecule has 0 atom stereocenters. The Kier molecular flexibility index (Phi) is 3.94. The molecule has 0 spiro atoms. The van der Waals surface area contributed by atoms with Gasteiger partial charge in [-0.3, -0.25) is 4.79 Å². The summed E-state index contributed by atoms with van der Waals surface area (Å²) in [6.45, 7) is 1.88. The largest absolute Gasteiger partial charge is 0.508 e. The van der Waals surface area contributed by atoms with Crippen LogP contribution in [0.15, 0.2) is 29.6 Å². The zero-order chi connectivity index (χ0) is 13.0. The summed E-state index contributed by atoms with van der Waals surface area (Å²) in [6, 6.07) is 7.04. The monoisotopic (exact) mass is 262 g/mol. The van der Waals surface area contributed by atoms with E-state index in [9.17, 15) is 9.90 Å². The van der Waals surface area contributed by atoms with E-state index in [0.717, 1.165) is 11.3 Å². The highest BCUT2D eigenvalue weighted by Gasteiger charge is 2.07. The molecule has 1 aromatic heterocycles. The molecule has 0 radical (unpaired) electrons. The van der Waals surface area contributed by atoms with Crippen LogP contribution in [0.3, 0.4) is 0 Å². The van der Waals surface area contributed by atoms with Gasteiger partial charge in [-0.05, 0) is 25.0 Å². The van der Waals surface area contributed by atoms with Crippen LogP contribution >= 0.6 is 11.3 Å². The minimum atomic E-state index is -0.0902. The fourth-order valence-electron chi connectivity index (χ4n) is 1.56. The maximum atomic E-state index is 11.7. The number of amides is 1. The van der Waals surface area contributed by atoms with Crippen molar-refractivity contribution in [2.24, 2.45) is 0 Å². The van der Waals surface area contributed by atoms with Gasteiger partial charge in [0.1, 0.15) is 5.75 Å². The average molecular weight is 262 g/mol. The summed E-state index contributed by atoms with van der Waals surface area (Å²) in [6.07, 6.45) is 0.846. The Morgan fingerprint density at radius 2 is 2.22 bits per heavy atom. The third kappa shape index (κ3) is 3.30. The lowest BCUT2D eigenvalue weighted by Crippen LogP contribution is -2.12. The molecular formula is C13H14N2O2S. The normalized spacial score (nSPS) is 10.3.